The third kappa shape index (κ3) is 11.8. The maximum absolute atomic E-state index is 11.1. The van der Waals surface area contributed by atoms with Crippen LogP contribution in [0.1, 0.15) is 77.6 Å². The molecule has 0 atom stereocenters. The molecule has 20 heavy (non-hydrogen) atoms. The molecule has 0 bridgehead atoms. The van der Waals surface area contributed by atoms with Crippen LogP contribution in [-0.2, 0) is 9.59 Å². The molecule has 0 amide bonds. The van der Waals surface area contributed by atoms with Crippen molar-refractivity contribution in [3.8, 4) is 0 Å². The van der Waals surface area contributed by atoms with Crippen molar-refractivity contribution >= 4 is 11.9 Å². The van der Waals surface area contributed by atoms with Crippen molar-refractivity contribution in [3.63, 3.8) is 0 Å². The van der Waals surface area contributed by atoms with Crippen LogP contribution >= 0.6 is 0 Å². The topological polar surface area (TPSA) is 74.6 Å². The molecule has 0 spiro atoms. The van der Waals surface area contributed by atoms with Gasteiger partial charge in [-0.2, -0.15) is 0 Å². The fourth-order valence-electron chi connectivity index (χ4n) is 2.09. The molecular formula is C16H28O4. The number of allylic oxidation sites excluding steroid dienone is 1. The molecule has 0 aromatic heterocycles. The Hall–Kier alpha value is -1.32. The number of carboxylic acids is 2. The van der Waals surface area contributed by atoms with Crippen LogP contribution in [0.25, 0.3) is 0 Å². The molecule has 0 aromatic rings. The quantitative estimate of drug-likeness (QED) is 0.388. The lowest BCUT2D eigenvalue weighted by Crippen LogP contribution is -2.01. The Morgan fingerprint density at radius 3 is 2.00 bits per heavy atom. The zero-order valence-electron chi connectivity index (χ0n) is 12.6. The summed E-state index contributed by atoms with van der Waals surface area (Å²) in [7, 11) is 0. The molecule has 0 fully saturated rings. The van der Waals surface area contributed by atoms with Crippen molar-refractivity contribution in [2.75, 3.05) is 0 Å². The first-order chi connectivity index (χ1) is 9.57. The van der Waals surface area contributed by atoms with Gasteiger partial charge in [-0.25, -0.2) is 4.79 Å². The molecule has 0 radical (unpaired) electrons. The van der Waals surface area contributed by atoms with E-state index in [1.165, 1.54) is 12.8 Å². The van der Waals surface area contributed by atoms with E-state index in [2.05, 4.69) is 6.92 Å². The average Bonchev–Trinajstić information content (AvgIpc) is 2.39. The van der Waals surface area contributed by atoms with Crippen molar-refractivity contribution in [3.05, 3.63) is 11.6 Å². The number of aliphatic carboxylic acids is 2. The van der Waals surface area contributed by atoms with Gasteiger partial charge in [0.25, 0.3) is 0 Å². The molecule has 0 aliphatic heterocycles. The molecule has 0 heterocycles. The molecular weight excluding hydrogens is 256 g/mol. The first-order valence-electron chi connectivity index (χ1n) is 7.72. The highest BCUT2D eigenvalue weighted by Crippen LogP contribution is 2.13. The van der Waals surface area contributed by atoms with Crippen LogP contribution in [0.2, 0.25) is 0 Å². The van der Waals surface area contributed by atoms with Gasteiger partial charge in [-0.1, -0.05) is 45.1 Å². The van der Waals surface area contributed by atoms with Crippen LogP contribution < -0.4 is 0 Å². The zero-order valence-corrected chi connectivity index (χ0v) is 12.6. The van der Waals surface area contributed by atoms with E-state index in [0.29, 0.717) is 18.4 Å². The number of carbonyl (C=O) groups is 2. The summed E-state index contributed by atoms with van der Waals surface area (Å²) in [5, 5.41) is 17.6. The molecule has 4 nitrogen and oxygen atoms in total. The minimum absolute atomic E-state index is 0.207. The number of hydrogen-bond acceptors (Lipinski definition) is 2. The summed E-state index contributed by atoms with van der Waals surface area (Å²) in [5.74, 6) is -1.57. The van der Waals surface area contributed by atoms with Gasteiger partial charge in [-0.3, -0.25) is 4.79 Å². The third-order valence-electron chi connectivity index (χ3n) is 3.31. The van der Waals surface area contributed by atoms with Gasteiger partial charge < -0.3 is 10.2 Å². The summed E-state index contributed by atoms with van der Waals surface area (Å²) in [5.41, 5.74) is 0.514. The third-order valence-corrected chi connectivity index (χ3v) is 3.31. The number of rotatable bonds is 13. The van der Waals surface area contributed by atoms with Gasteiger partial charge in [0.2, 0.25) is 0 Å². The standard InChI is InChI=1S/C16H28O4/c1-2-3-4-5-8-11-14(16(19)20)12-9-6-7-10-13-15(17)18/h11H,2-10,12-13H2,1H3,(H,17,18)(H,19,20). The number of carboxylic acid groups (broad SMARTS) is 2. The summed E-state index contributed by atoms with van der Waals surface area (Å²) in [4.78, 5) is 21.4. The molecule has 4 heteroatoms. The second-order valence-electron chi connectivity index (χ2n) is 5.19. The molecule has 0 saturated heterocycles. The molecule has 0 rings (SSSR count). The minimum Gasteiger partial charge on any atom is -0.481 e. The van der Waals surface area contributed by atoms with Crippen molar-refractivity contribution in [2.45, 2.75) is 77.6 Å². The Morgan fingerprint density at radius 2 is 1.45 bits per heavy atom. The predicted molar refractivity (Wildman–Crippen MR) is 79.8 cm³/mol. The predicted octanol–water partition coefficient (Wildman–Crippen LogP) is 4.39. The molecule has 0 aliphatic rings. The van der Waals surface area contributed by atoms with E-state index in [4.69, 9.17) is 10.2 Å². The molecule has 0 aromatic carbocycles. The molecule has 0 unspecified atom stereocenters. The second kappa shape index (κ2) is 12.7. The summed E-state index contributed by atoms with van der Waals surface area (Å²) in [6.45, 7) is 2.16. The fourth-order valence-corrected chi connectivity index (χ4v) is 2.09. The van der Waals surface area contributed by atoms with Gasteiger partial charge in [0.1, 0.15) is 0 Å². The van der Waals surface area contributed by atoms with Gasteiger partial charge in [-0.05, 0) is 32.1 Å². The van der Waals surface area contributed by atoms with Gasteiger partial charge in [0.15, 0.2) is 0 Å². The maximum Gasteiger partial charge on any atom is 0.331 e. The normalized spacial score (nSPS) is 11.6. The molecule has 0 aliphatic carbocycles. The van der Waals surface area contributed by atoms with E-state index < -0.39 is 11.9 Å². The monoisotopic (exact) mass is 284 g/mol. The Morgan fingerprint density at radius 1 is 0.850 bits per heavy atom. The van der Waals surface area contributed by atoms with Crippen LogP contribution in [0.5, 0.6) is 0 Å². The van der Waals surface area contributed by atoms with Crippen LogP contribution in [0.3, 0.4) is 0 Å². The van der Waals surface area contributed by atoms with Crippen molar-refractivity contribution in [1.82, 2.24) is 0 Å². The summed E-state index contributed by atoms with van der Waals surface area (Å²) >= 11 is 0. The highest BCUT2D eigenvalue weighted by molar-refractivity contribution is 5.86. The first-order valence-corrected chi connectivity index (χ1v) is 7.72. The highest BCUT2D eigenvalue weighted by atomic mass is 16.4. The lowest BCUT2D eigenvalue weighted by molar-refractivity contribution is -0.137. The Labute approximate surface area is 121 Å². The van der Waals surface area contributed by atoms with E-state index in [1.54, 1.807) is 0 Å². The van der Waals surface area contributed by atoms with E-state index >= 15 is 0 Å². The van der Waals surface area contributed by atoms with Crippen molar-refractivity contribution in [1.29, 1.82) is 0 Å². The van der Waals surface area contributed by atoms with Gasteiger partial charge in [0.05, 0.1) is 0 Å². The Balaban J connectivity index is 3.77. The van der Waals surface area contributed by atoms with Crippen LogP contribution in [0.15, 0.2) is 11.6 Å². The average molecular weight is 284 g/mol. The zero-order chi connectivity index (χ0) is 15.2. The van der Waals surface area contributed by atoms with E-state index in [0.717, 1.165) is 38.5 Å². The van der Waals surface area contributed by atoms with Crippen LogP contribution in [0.4, 0.5) is 0 Å². The number of hydrogen-bond donors (Lipinski definition) is 2. The lowest BCUT2D eigenvalue weighted by atomic mass is 10.0. The summed E-state index contributed by atoms with van der Waals surface area (Å²) in [6.07, 6.45) is 11.4. The van der Waals surface area contributed by atoms with Crippen molar-refractivity contribution < 1.29 is 19.8 Å². The SMILES string of the molecule is CCCCCCC=C(CCCCCCC(=O)O)C(=O)O. The summed E-state index contributed by atoms with van der Waals surface area (Å²) < 4.78 is 0. The van der Waals surface area contributed by atoms with Crippen LogP contribution in [0, 0.1) is 0 Å². The fraction of sp³-hybridized carbons (Fsp3) is 0.750. The number of unbranched alkanes of at least 4 members (excludes halogenated alkanes) is 7. The smallest absolute Gasteiger partial charge is 0.331 e. The molecule has 2 N–H and O–H groups in total. The minimum atomic E-state index is -0.814. The second-order valence-corrected chi connectivity index (χ2v) is 5.19. The Kier molecular flexibility index (Phi) is 11.9. The van der Waals surface area contributed by atoms with Crippen molar-refractivity contribution in [2.24, 2.45) is 0 Å². The molecule has 0 saturated carbocycles. The maximum atomic E-state index is 11.1. The lowest BCUT2D eigenvalue weighted by Gasteiger charge is -2.03. The highest BCUT2D eigenvalue weighted by Gasteiger charge is 2.06. The van der Waals surface area contributed by atoms with Gasteiger partial charge in [-0.15, -0.1) is 0 Å². The molecule has 116 valence electrons. The van der Waals surface area contributed by atoms with E-state index in [1.807, 2.05) is 6.08 Å². The van der Waals surface area contributed by atoms with Crippen LogP contribution in [-0.4, -0.2) is 22.2 Å². The van der Waals surface area contributed by atoms with E-state index in [9.17, 15) is 9.59 Å². The Bertz CT molecular complexity index is 308. The van der Waals surface area contributed by atoms with Gasteiger partial charge in [0, 0.05) is 12.0 Å². The largest absolute Gasteiger partial charge is 0.481 e. The van der Waals surface area contributed by atoms with E-state index in [-0.39, 0.29) is 6.42 Å². The summed E-state index contributed by atoms with van der Waals surface area (Å²) in [6, 6.07) is 0. The first kappa shape index (κ1) is 18.7. The van der Waals surface area contributed by atoms with Gasteiger partial charge >= 0.3 is 11.9 Å².